The fraction of sp³-hybridized carbons (Fsp3) is 0.692. The maximum absolute atomic E-state index is 5.85. The van der Waals surface area contributed by atoms with Crippen molar-refractivity contribution in [1.29, 1.82) is 0 Å². The Morgan fingerprint density at radius 2 is 1.59 bits per heavy atom. The predicted molar refractivity (Wildman–Crippen MR) is 76.2 cm³/mol. The molecule has 1 unspecified atom stereocenters. The zero-order valence-electron chi connectivity index (χ0n) is 11.6. The molecule has 1 aliphatic carbocycles. The van der Waals surface area contributed by atoms with Crippen LogP contribution in [0.5, 0.6) is 0 Å². The minimum Gasteiger partial charge on any atom is -0.330 e. The van der Waals surface area contributed by atoms with Gasteiger partial charge in [-0.2, -0.15) is 11.1 Å². The minimum atomic E-state index is 0. The maximum Gasteiger partial charge on any atom is 0 e. The Hall–Kier alpha value is 0.734. The van der Waals surface area contributed by atoms with E-state index in [2.05, 4.69) is 47.6 Å². The van der Waals surface area contributed by atoms with Crippen molar-refractivity contribution in [3.05, 3.63) is 22.8 Å². The first-order valence-electron chi connectivity index (χ1n) is 5.26. The number of hydrogen-bond donors (Lipinski definition) is 1. The van der Waals surface area contributed by atoms with Gasteiger partial charge in [0.1, 0.15) is 0 Å². The molecule has 0 spiro atoms. The molecule has 0 saturated carbocycles. The van der Waals surface area contributed by atoms with Gasteiger partial charge in [-0.25, -0.2) is 5.57 Å². The normalized spacial score (nSPS) is 23.4. The molecular formula is C13H24Cl2NTi-. The molecule has 0 bridgehead atoms. The fourth-order valence-corrected chi connectivity index (χ4v) is 2.10. The van der Waals surface area contributed by atoms with Crippen LogP contribution in [0.1, 0.15) is 41.5 Å². The van der Waals surface area contributed by atoms with E-state index in [-0.39, 0.29) is 57.4 Å². The molecule has 0 aromatic rings. The summed E-state index contributed by atoms with van der Waals surface area (Å²) in [4.78, 5) is 0. The molecule has 0 heterocycles. The van der Waals surface area contributed by atoms with Crippen molar-refractivity contribution < 1.29 is 21.7 Å². The summed E-state index contributed by atoms with van der Waals surface area (Å²) in [6, 6.07) is 0. The molecular weight excluding hydrogens is 289 g/mol. The monoisotopic (exact) mass is 312 g/mol. The second kappa shape index (κ2) is 7.35. The van der Waals surface area contributed by atoms with Crippen molar-refractivity contribution in [2.24, 2.45) is 16.6 Å². The molecule has 0 fully saturated rings. The van der Waals surface area contributed by atoms with Gasteiger partial charge in [0.05, 0.1) is 0 Å². The Morgan fingerprint density at radius 3 is 1.82 bits per heavy atom. The molecule has 0 aromatic heterocycles. The molecule has 0 saturated heterocycles. The summed E-state index contributed by atoms with van der Waals surface area (Å²) in [6.07, 6.45) is 3.58. The standard InChI is InChI=1S/C13H22N.2ClH.Ti/c1-9-7-13(6,11(3)10(9)2)12(4,5)8-14;;;/h8,14H2,1-6H3;2*1H;/q-1;;;. The first kappa shape index (κ1) is 22.9. The molecule has 2 N–H and O–H groups in total. The van der Waals surface area contributed by atoms with E-state index in [1.165, 1.54) is 16.7 Å². The Morgan fingerprint density at radius 1 is 1.18 bits per heavy atom. The quantitative estimate of drug-likeness (QED) is 0.607. The summed E-state index contributed by atoms with van der Waals surface area (Å²) in [6.45, 7) is 13.9. The average Bonchev–Trinajstić information content (AvgIpc) is 2.32. The smallest absolute Gasteiger partial charge is 0 e. The van der Waals surface area contributed by atoms with Crippen LogP contribution in [0.4, 0.5) is 0 Å². The third-order valence-electron chi connectivity index (χ3n) is 4.18. The van der Waals surface area contributed by atoms with Gasteiger partial charge in [0.25, 0.3) is 0 Å². The van der Waals surface area contributed by atoms with E-state index in [4.69, 9.17) is 5.73 Å². The van der Waals surface area contributed by atoms with E-state index in [1.54, 1.807) is 0 Å². The van der Waals surface area contributed by atoms with Gasteiger partial charge in [-0.05, 0) is 12.0 Å². The van der Waals surface area contributed by atoms with Gasteiger partial charge < -0.3 is 5.73 Å². The van der Waals surface area contributed by atoms with Crippen molar-refractivity contribution in [2.45, 2.75) is 41.5 Å². The molecule has 1 atom stereocenters. The predicted octanol–water partition coefficient (Wildman–Crippen LogP) is 3.92. The van der Waals surface area contributed by atoms with Gasteiger partial charge in [0, 0.05) is 21.7 Å². The fourth-order valence-electron chi connectivity index (χ4n) is 2.10. The van der Waals surface area contributed by atoms with Gasteiger partial charge >= 0.3 is 0 Å². The summed E-state index contributed by atoms with van der Waals surface area (Å²) in [5.41, 5.74) is 10.0. The van der Waals surface area contributed by atoms with Crippen LogP contribution < -0.4 is 5.73 Å². The largest absolute Gasteiger partial charge is 0.330 e. The van der Waals surface area contributed by atoms with Crippen LogP contribution in [-0.4, -0.2) is 6.54 Å². The van der Waals surface area contributed by atoms with Crippen LogP contribution in [0.2, 0.25) is 0 Å². The van der Waals surface area contributed by atoms with Crippen molar-refractivity contribution in [1.82, 2.24) is 0 Å². The number of nitrogens with two attached hydrogens (primary N) is 1. The van der Waals surface area contributed by atoms with Crippen molar-refractivity contribution in [3.8, 4) is 0 Å². The van der Waals surface area contributed by atoms with E-state index in [9.17, 15) is 0 Å². The van der Waals surface area contributed by atoms with E-state index < -0.39 is 0 Å². The average molecular weight is 313 g/mol. The van der Waals surface area contributed by atoms with Gasteiger partial charge in [-0.15, -0.1) is 31.7 Å². The third kappa shape index (κ3) is 3.61. The second-order valence-corrected chi connectivity index (χ2v) is 5.21. The van der Waals surface area contributed by atoms with Gasteiger partial charge in [0.2, 0.25) is 0 Å². The van der Waals surface area contributed by atoms with Crippen LogP contribution >= 0.6 is 24.8 Å². The molecule has 0 amide bonds. The zero-order valence-corrected chi connectivity index (χ0v) is 14.8. The number of allylic oxidation sites excluding steroid dienone is 4. The third-order valence-corrected chi connectivity index (χ3v) is 4.18. The van der Waals surface area contributed by atoms with Crippen LogP contribution in [-0.2, 0) is 21.7 Å². The first-order chi connectivity index (χ1) is 6.26. The number of halogens is 2. The molecule has 17 heavy (non-hydrogen) atoms. The SMILES string of the molecule is CC1=[C-]C(C)(C(C)(C)CN)C(C)=C1C.Cl.Cl.[Ti]. The summed E-state index contributed by atoms with van der Waals surface area (Å²) in [5.74, 6) is 0. The Bertz CT molecular complexity index is 321. The molecule has 0 aliphatic heterocycles. The van der Waals surface area contributed by atoms with E-state index in [1.807, 2.05) is 0 Å². The minimum absolute atomic E-state index is 0. The number of rotatable bonds is 2. The van der Waals surface area contributed by atoms with Gasteiger partial charge in [0.15, 0.2) is 0 Å². The van der Waals surface area contributed by atoms with Crippen LogP contribution in [0.15, 0.2) is 16.7 Å². The molecule has 0 radical (unpaired) electrons. The van der Waals surface area contributed by atoms with Crippen molar-refractivity contribution >= 4 is 24.8 Å². The van der Waals surface area contributed by atoms with Gasteiger partial charge in [-0.3, -0.25) is 6.08 Å². The molecule has 1 nitrogen and oxygen atoms in total. The van der Waals surface area contributed by atoms with E-state index >= 15 is 0 Å². The number of hydrogen-bond acceptors (Lipinski definition) is 1. The first-order valence-corrected chi connectivity index (χ1v) is 5.26. The molecule has 1 aliphatic rings. The summed E-state index contributed by atoms with van der Waals surface area (Å²) >= 11 is 0. The van der Waals surface area contributed by atoms with E-state index in [0.717, 1.165) is 0 Å². The maximum atomic E-state index is 5.85. The molecule has 4 heteroatoms. The molecule has 100 valence electrons. The topological polar surface area (TPSA) is 26.0 Å². The molecule has 1 rings (SSSR count). The Balaban J connectivity index is -0.000000653. The molecule has 0 aromatic carbocycles. The summed E-state index contributed by atoms with van der Waals surface area (Å²) < 4.78 is 0. The van der Waals surface area contributed by atoms with Crippen LogP contribution in [0.3, 0.4) is 0 Å². The van der Waals surface area contributed by atoms with Gasteiger partial charge in [-0.1, -0.05) is 40.0 Å². The van der Waals surface area contributed by atoms with E-state index in [0.29, 0.717) is 6.54 Å². The van der Waals surface area contributed by atoms with Crippen LogP contribution in [0, 0.1) is 16.9 Å². The summed E-state index contributed by atoms with van der Waals surface area (Å²) in [5, 5.41) is 0. The van der Waals surface area contributed by atoms with Crippen molar-refractivity contribution in [2.75, 3.05) is 6.54 Å². The zero-order chi connectivity index (χ0) is 11.1. The summed E-state index contributed by atoms with van der Waals surface area (Å²) in [7, 11) is 0. The Kier molecular flexibility index (Phi) is 9.90. The Labute approximate surface area is 133 Å². The van der Waals surface area contributed by atoms with Crippen LogP contribution in [0.25, 0.3) is 0 Å². The van der Waals surface area contributed by atoms with Crippen molar-refractivity contribution in [3.63, 3.8) is 0 Å². The second-order valence-electron chi connectivity index (χ2n) is 5.21.